The van der Waals surface area contributed by atoms with Crippen LogP contribution in [0.2, 0.25) is 0 Å². The number of hydrogen-bond acceptors (Lipinski definition) is 4. The Labute approximate surface area is 120 Å². The quantitative estimate of drug-likeness (QED) is 0.688. The average molecular weight is 274 g/mol. The second-order valence-corrected chi connectivity index (χ2v) is 7.29. The van der Waals surface area contributed by atoms with Crippen molar-refractivity contribution in [3.05, 3.63) is 11.3 Å². The molecule has 0 aromatic rings. The van der Waals surface area contributed by atoms with Crippen molar-refractivity contribution in [1.82, 2.24) is 0 Å². The molecular formula is C16H22N2O2. The topological polar surface area (TPSA) is 62.4 Å². The number of carbonyl (C=O) groups is 1. The van der Waals surface area contributed by atoms with E-state index in [9.17, 15) is 10.1 Å². The van der Waals surface area contributed by atoms with Crippen LogP contribution < -0.4 is 0 Å². The van der Waals surface area contributed by atoms with Gasteiger partial charge in [-0.1, -0.05) is 27.7 Å². The van der Waals surface area contributed by atoms with E-state index >= 15 is 0 Å². The molecule has 0 aliphatic carbocycles. The Bertz CT molecular complexity index is 576. The highest BCUT2D eigenvalue weighted by Gasteiger charge is 2.48. The zero-order valence-electron chi connectivity index (χ0n) is 13.1. The van der Waals surface area contributed by atoms with Gasteiger partial charge in [0.15, 0.2) is 0 Å². The molecule has 0 amide bonds. The van der Waals surface area contributed by atoms with Gasteiger partial charge in [-0.05, 0) is 20.3 Å². The molecule has 0 aromatic heterocycles. The van der Waals surface area contributed by atoms with E-state index in [1.807, 2.05) is 27.7 Å². The van der Waals surface area contributed by atoms with Crippen LogP contribution in [-0.4, -0.2) is 17.2 Å². The van der Waals surface area contributed by atoms with Crippen LogP contribution in [0, 0.1) is 22.2 Å². The van der Waals surface area contributed by atoms with Gasteiger partial charge in [0.05, 0.1) is 12.5 Å². The molecular weight excluding hydrogens is 252 g/mol. The lowest BCUT2D eigenvalue weighted by molar-refractivity contribution is -0.135. The smallest absolute Gasteiger partial charge is 0.311 e. The van der Waals surface area contributed by atoms with E-state index < -0.39 is 5.54 Å². The van der Waals surface area contributed by atoms with Crippen molar-refractivity contribution in [2.24, 2.45) is 15.8 Å². The van der Waals surface area contributed by atoms with E-state index in [2.05, 4.69) is 24.9 Å². The number of nitrogens with zero attached hydrogens (tertiary/aromatic N) is 2. The fourth-order valence-electron chi connectivity index (χ4n) is 2.89. The highest BCUT2D eigenvalue weighted by Crippen LogP contribution is 2.46. The van der Waals surface area contributed by atoms with Gasteiger partial charge < -0.3 is 4.74 Å². The first-order valence-corrected chi connectivity index (χ1v) is 6.95. The Morgan fingerprint density at radius 2 is 1.85 bits per heavy atom. The lowest BCUT2D eigenvalue weighted by Gasteiger charge is -2.29. The normalized spacial score (nSPS) is 33.5. The molecule has 1 saturated heterocycles. The van der Waals surface area contributed by atoms with Gasteiger partial charge in [-0.3, -0.25) is 9.79 Å². The summed E-state index contributed by atoms with van der Waals surface area (Å²) < 4.78 is 5.40. The van der Waals surface area contributed by atoms with Crippen molar-refractivity contribution < 1.29 is 9.53 Å². The van der Waals surface area contributed by atoms with Gasteiger partial charge in [-0.15, -0.1) is 0 Å². The predicted molar refractivity (Wildman–Crippen MR) is 77.0 cm³/mol. The standard InChI is InChI=1S/C16H22N2O2/c1-10(13-14(2,3)8-12(19)20-13)11-7-15(4,5)16(6,9-17)18-11/h7-8H2,1-6H3/b13-10-. The van der Waals surface area contributed by atoms with Crippen molar-refractivity contribution in [3.8, 4) is 6.07 Å². The van der Waals surface area contributed by atoms with Gasteiger partial charge in [0, 0.05) is 22.1 Å². The number of esters is 1. The van der Waals surface area contributed by atoms with Crippen LogP contribution in [0.25, 0.3) is 0 Å². The number of rotatable bonds is 1. The second kappa shape index (κ2) is 4.18. The summed E-state index contributed by atoms with van der Waals surface area (Å²) in [6.45, 7) is 11.9. The third kappa shape index (κ3) is 2.06. The van der Waals surface area contributed by atoms with Gasteiger partial charge in [-0.25, -0.2) is 0 Å². The van der Waals surface area contributed by atoms with E-state index in [0.29, 0.717) is 12.2 Å². The summed E-state index contributed by atoms with van der Waals surface area (Å²) in [6, 6.07) is 2.32. The highest BCUT2D eigenvalue weighted by atomic mass is 16.5. The van der Waals surface area contributed by atoms with Crippen LogP contribution in [-0.2, 0) is 9.53 Å². The van der Waals surface area contributed by atoms with Crippen LogP contribution in [0.4, 0.5) is 0 Å². The maximum atomic E-state index is 11.6. The maximum absolute atomic E-state index is 11.6. The van der Waals surface area contributed by atoms with Gasteiger partial charge in [0.1, 0.15) is 11.3 Å². The Morgan fingerprint density at radius 3 is 2.25 bits per heavy atom. The molecule has 2 aliphatic rings. The van der Waals surface area contributed by atoms with Crippen molar-refractivity contribution in [1.29, 1.82) is 5.26 Å². The number of ether oxygens (including phenoxy) is 1. The number of hydrogen-bond donors (Lipinski definition) is 0. The third-order valence-electron chi connectivity index (χ3n) is 4.69. The Kier molecular flexibility index (Phi) is 3.09. The van der Waals surface area contributed by atoms with Crippen molar-refractivity contribution in [3.63, 3.8) is 0 Å². The molecule has 4 heteroatoms. The molecule has 2 heterocycles. The Morgan fingerprint density at radius 1 is 1.25 bits per heavy atom. The lowest BCUT2D eigenvalue weighted by Crippen LogP contribution is -2.34. The molecule has 1 atom stereocenters. The van der Waals surface area contributed by atoms with Crippen LogP contribution >= 0.6 is 0 Å². The molecule has 0 spiro atoms. The van der Waals surface area contributed by atoms with Crippen molar-refractivity contribution >= 4 is 11.7 Å². The van der Waals surface area contributed by atoms with Crippen molar-refractivity contribution in [2.45, 2.75) is 59.9 Å². The zero-order valence-corrected chi connectivity index (χ0v) is 13.1. The lowest BCUT2D eigenvalue weighted by atomic mass is 9.73. The second-order valence-electron chi connectivity index (χ2n) is 7.29. The minimum atomic E-state index is -0.725. The van der Waals surface area contributed by atoms with Crippen LogP contribution in [0.3, 0.4) is 0 Å². The molecule has 2 aliphatic heterocycles. The summed E-state index contributed by atoms with van der Waals surface area (Å²) in [5.74, 6) is 0.518. The van der Waals surface area contributed by atoms with Crippen LogP contribution in [0.15, 0.2) is 16.3 Å². The van der Waals surface area contributed by atoms with Crippen molar-refractivity contribution in [2.75, 3.05) is 0 Å². The first kappa shape index (κ1) is 14.8. The minimum absolute atomic E-state index is 0.190. The molecule has 20 heavy (non-hydrogen) atoms. The van der Waals surface area contributed by atoms with Gasteiger partial charge in [0.25, 0.3) is 0 Å². The van der Waals surface area contributed by atoms with E-state index in [4.69, 9.17) is 4.74 Å². The molecule has 2 rings (SSSR count). The number of carbonyl (C=O) groups excluding carboxylic acids is 1. The number of nitriles is 1. The van der Waals surface area contributed by atoms with E-state index in [1.165, 1.54) is 0 Å². The summed E-state index contributed by atoms with van der Waals surface area (Å²) in [5.41, 5.74) is 0.562. The zero-order chi connectivity index (χ0) is 15.3. The van der Waals surface area contributed by atoms with Gasteiger partial charge in [0.2, 0.25) is 0 Å². The molecule has 1 unspecified atom stereocenters. The molecule has 0 N–H and O–H groups in total. The minimum Gasteiger partial charge on any atom is -0.430 e. The number of cyclic esters (lactones) is 1. The highest BCUT2D eigenvalue weighted by molar-refractivity contribution is 6.03. The molecule has 0 aromatic carbocycles. The molecule has 4 nitrogen and oxygen atoms in total. The summed E-state index contributed by atoms with van der Waals surface area (Å²) >= 11 is 0. The van der Waals surface area contributed by atoms with E-state index in [0.717, 1.165) is 17.7 Å². The van der Waals surface area contributed by atoms with E-state index in [1.54, 1.807) is 0 Å². The molecule has 0 bridgehead atoms. The Balaban J connectivity index is 2.47. The maximum Gasteiger partial charge on any atom is 0.311 e. The number of aliphatic imine (C=N–C) groups is 1. The molecule has 108 valence electrons. The molecule has 1 fully saturated rings. The monoisotopic (exact) mass is 274 g/mol. The first-order chi connectivity index (χ1) is 9.02. The summed E-state index contributed by atoms with van der Waals surface area (Å²) in [7, 11) is 0. The van der Waals surface area contributed by atoms with Crippen LogP contribution in [0.1, 0.15) is 54.4 Å². The van der Waals surface area contributed by atoms with E-state index in [-0.39, 0.29) is 16.8 Å². The third-order valence-corrected chi connectivity index (χ3v) is 4.69. The molecule has 0 saturated carbocycles. The summed E-state index contributed by atoms with van der Waals surface area (Å²) in [6.07, 6.45) is 1.12. The fraction of sp³-hybridized carbons (Fsp3) is 0.688. The SMILES string of the molecule is C/C(C1=NC(C)(C#N)C(C)(C)C1)=C1/OC(=O)CC1(C)C. The fourth-order valence-corrected chi connectivity index (χ4v) is 2.89. The summed E-state index contributed by atoms with van der Waals surface area (Å²) in [5, 5.41) is 9.41. The largest absolute Gasteiger partial charge is 0.430 e. The van der Waals surface area contributed by atoms with Gasteiger partial charge in [-0.2, -0.15) is 5.26 Å². The first-order valence-electron chi connectivity index (χ1n) is 6.95. The number of allylic oxidation sites excluding steroid dienone is 2. The average Bonchev–Trinajstić information content (AvgIpc) is 2.72. The van der Waals surface area contributed by atoms with Gasteiger partial charge >= 0.3 is 5.97 Å². The Hall–Kier alpha value is -1.63. The predicted octanol–water partition coefficient (Wildman–Crippen LogP) is 3.39. The summed E-state index contributed by atoms with van der Waals surface area (Å²) in [4.78, 5) is 16.2. The van der Waals surface area contributed by atoms with Crippen LogP contribution in [0.5, 0.6) is 0 Å². The molecule has 0 radical (unpaired) electrons.